The number of aliphatic carboxylic acids is 1. The highest BCUT2D eigenvalue weighted by Crippen LogP contribution is 2.35. The Bertz CT molecular complexity index is 451. The molecule has 1 atom stereocenters. The lowest BCUT2D eigenvalue weighted by Gasteiger charge is -2.12. The zero-order valence-electron chi connectivity index (χ0n) is 10.2. The number of nitrogens with one attached hydrogen (secondary N) is 1. The molecule has 2 rings (SSSR count). The average Bonchev–Trinajstić information content (AvgIpc) is 3.04. The van der Waals surface area contributed by atoms with Gasteiger partial charge < -0.3 is 14.8 Å². The molecule has 0 spiro atoms. The fraction of sp³-hybridized carbons (Fsp3) is 0.583. The van der Waals surface area contributed by atoms with Gasteiger partial charge in [-0.1, -0.05) is 12.8 Å². The first-order valence-corrected chi connectivity index (χ1v) is 5.99. The SMILES string of the molecule is Cc1ncoc1C(=O)NCC(CC1CC1)C(=O)O. The van der Waals surface area contributed by atoms with E-state index in [0.29, 0.717) is 18.0 Å². The summed E-state index contributed by atoms with van der Waals surface area (Å²) in [5.74, 6) is -1.14. The van der Waals surface area contributed by atoms with Crippen LogP contribution in [0.5, 0.6) is 0 Å². The molecule has 18 heavy (non-hydrogen) atoms. The number of aromatic nitrogens is 1. The third kappa shape index (κ3) is 3.09. The van der Waals surface area contributed by atoms with Crippen LogP contribution >= 0.6 is 0 Å². The highest BCUT2D eigenvalue weighted by molar-refractivity contribution is 5.92. The Morgan fingerprint density at radius 1 is 1.61 bits per heavy atom. The zero-order valence-corrected chi connectivity index (χ0v) is 10.2. The second-order valence-corrected chi connectivity index (χ2v) is 4.69. The summed E-state index contributed by atoms with van der Waals surface area (Å²) in [6.45, 7) is 1.79. The Labute approximate surface area is 104 Å². The normalized spacial score (nSPS) is 16.3. The Balaban J connectivity index is 1.87. The summed E-state index contributed by atoms with van der Waals surface area (Å²) in [6, 6.07) is 0. The standard InChI is InChI=1S/C12H16N2O4/c1-7-10(18-6-14-7)11(15)13-5-9(12(16)17)4-8-2-3-8/h6,8-9H,2-5H2,1H3,(H,13,15)(H,16,17). The molecule has 1 aromatic heterocycles. The van der Waals surface area contributed by atoms with E-state index in [1.165, 1.54) is 6.39 Å². The summed E-state index contributed by atoms with van der Waals surface area (Å²) < 4.78 is 4.94. The molecule has 1 aliphatic rings. The van der Waals surface area contributed by atoms with Gasteiger partial charge in [-0.2, -0.15) is 0 Å². The van der Waals surface area contributed by atoms with Gasteiger partial charge in [0.1, 0.15) is 0 Å². The number of carboxylic acids is 1. The first-order valence-electron chi connectivity index (χ1n) is 5.99. The van der Waals surface area contributed by atoms with Crippen LogP contribution in [0.15, 0.2) is 10.8 Å². The van der Waals surface area contributed by atoms with Crippen molar-refractivity contribution in [3.63, 3.8) is 0 Å². The van der Waals surface area contributed by atoms with E-state index in [4.69, 9.17) is 9.52 Å². The van der Waals surface area contributed by atoms with Gasteiger partial charge in [0, 0.05) is 6.54 Å². The molecule has 98 valence electrons. The number of aryl methyl sites for hydroxylation is 1. The Morgan fingerprint density at radius 2 is 2.33 bits per heavy atom. The summed E-state index contributed by atoms with van der Waals surface area (Å²) in [7, 11) is 0. The molecule has 1 amide bonds. The summed E-state index contributed by atoms with van der Waals surface area (Å²) in [5, 5.41) is 11.6. The van der Waals surface area contributed by atoms with E-state index in [0.717, 1.165) is 12.8 Å². The van der Waals surface area contributed by atoms with E-state index >= 15 is 0 Å². The largest absolute Gasteiger partial charge is 0.481 e. The second-order valence-electron chi connectivity index (χ2n) is 4.69. The number of nitrogens with zero attached hydrogens (tertiary/aromatic N) is 1. The fourth-order valence-corrected chi connectivity index (χ4v) is 1.84. The first kappa shape index (κ1) is 12.6. The van der Waals surface area contributed by atoms with E-state index in [2.05, 4.69) is 10.3 Å². The number of hydrogen-bond donors (Lipinski definition) is 2. The summed E-state index contributed by atoms with van der Waals surface area (Å²) in [5.41, 5.74) is 0.501. The van der Waals surface area contributed by atoms with Crippen LogP contribution in [0.4, 0.5) is 0 Å². The predicted octanol–water partition coefficient (Wildman–Crippen LogP) is 1.21. The molecular weight excluding hydrogens is 236 g/mol. The highest BCUT2D eigenvalue weighted by Gasteiger charge is 2.29. The maximum absolute atomic E-state index is 11.7. The molecule has 2 N–H and O–H groups in total. The smallest absolute Gasteiger partial charge is 0.308 e. The monoisotopic (exact) mass is 252 g/mol. The topological polar surface area (TPSA) is 92.4 Å². The van der Waals surface area contributed by atoms with Gasteiger partial charge in [0.2, 0.25) is 5.76 Å². The van der Waals surface area contributed by atoms with Gasteiger partial charge in [-0.05, 0) is 19.3 Å². The molecule has 1 fully saturated rings. The molecular formula is C12H16N2O4. The maximum atomic E-state index is 11.7. The molecule has 0 aromatic carbocycles. The van der Waals surface area contributed by atoms with Crippen LogP contribution in [0.25, 0.3) is 0 Å². The summed E-state index contributed by atoms with van der Waals surface area (Å²) >= 11 is 0. The van der Waals surface area contributed by atoms with E-state index < -0.39 is 17.8 Å². The number of carboxylic acid groups (broad SMARTS) is 1. The van der Waals surface area contributed by atoms with Crippen molar-refractivity contribution >= 4 is 11.9 Å². The number of amides is 1. The minimum absolute atomic E-state index is 0.130. The molecule has 0 bridgehead atoms. The van der Waals surface area contributed by atoms with E-state index in [1.54, 1.807) is 6.92 Å². The van der Waals surface area contributed by atoms with Gasteiger partial charge in [0.25, 0.3) is 5.91 Å². The van der Waals surface area contributed by atoms with E-state index in [1.807, 2.05) is 0 Å². The average molecular weight is 252 g/mol. The van der Waals surface area contributed by atoms with Crippen LogP contribution < -0.4 is 5.32 Å². The van der Waals surface area contributed by atoms with Crippen LogP contribution in [0.1, 0.15) is 35.5 Å². The van der Waals surface area contributed by atoms with Gasteiger partial charge in [-0.25, -0.2) is 4.98 Å². The molecule has 0 saturated heterocycles. The Hall–Kier alpha value is -1.85. The summed E-state index contributed by atoms with van der Waals surface area (Å²) in [4.78, 5) is 26.6. The third-order valence-corrected chi connectivity index (χ3v) is 3.12. The van der Waals surface area contributed by atoms with Crippen molar-refractivity contribution in [2.75, 3.05) is 6.54 Å². The fourth-order valence-electron chi connectivity index (χ4n) is 1.84. The third-order valence-electron chi connectivity index (χ3n) is 3.12. The molecule has 6 heteroatoms. The van der Waals surface area contributed by atoms with Crippen LogP contribution in [0, 0.1) is 18.8 Å². The quantitative estimate of drug-likeness (QED) is 0.794. The maximum Gasteiger partial charge on any atom is 0.308 e. The zero-order chi connectivity index (χ0) is 13.1. The molecule has 0 aliphatic heterocycles. The molecule has 1 aliphatic carbocycles. The van der Waals surface area contributed by atoms with Crippen LogP contribution in [0.2, 0.25) is 0 Å². The Morgan fingerprint density at radius 3 is 2.83 bits per heavy atom. The van der Waals surface area contributed by atoms with Crippen molar-refractivity contribution in [1.29, 1.82) is 0 Å². The van der Waals surface area contributed by atoms with Gasteiger partial charge >= 0.3 is 5.97 Å². The minimum atomic E-state index is -0.864. The number of carbonyl (C=O) groups excluding carboxylic acids is 1. The van der Waals surface area contributed by atoms with Crippen molar-refractivity contribution in [2.24, 2.45) is 11.8 Å². The van der Waals surface area contributed by atoms with Crippen LogP contribution in [0.3, 0.4) is 0 Å². The lowest BCUT2D eigenvalue weighted by atomic mass is 10.0. The number of carbonyl (C=O) groups is 2. The molecule has 0 radical (unpaired) electrons. The second kappa shape index (κ2) is 5.20. The number of oxazole rings is 1. The molecule has 1 unspecified atom stereocenters. The van der Waals surface area contributed by atoms with Gasteiger partial charge in [-0.3, -0.25) is 9.59 Å². The van der Waals surface area contributed by atoms with Crippen molar-refractivity contribution in [1.82, 2.24) is 10.3 Å². The first-order chi connectivity index (χ1) is 8.58. The lowest BCUT2D eigenvalue weighted by molar-refractivity contribution is -0.141. The van der Waals surface area contributed by atoms with Gasteiger partial charge in [-0.15, -0.1) is 0 Å². The van der Waals surface area contributed by atoms with Crippen molar-refractivity contribution in [3.8, 4) is 0 Å². The molecule has 6 nitrogen and oxygen atoms in total. The number of rotatable bonds is 6. The predicted molar refractivity (Wildman–Crippen MR) is 62.0 cm³/mol. The minimum Gasteiger partial charge on any atom is -0.481 e. The Kier molecular flexibility index (Phi) is 3.64. The van der Waals surface area contributed by atoms with E-state index in [-0.39, 0.29) is 12.3 Å². The van der Waals surface area contributed by atoms with Crippen molar-refractivity contribution in [3.05, 3.63) is 17.8 Å². The van der Waals surface area contributed by atoms with Crippen molar-refractivity contribution in [2.45, 2.75) is 26.2 Å². The van der Waals surface area contributed by atoms with Gasteiger partial charge in [0.05, 0.1) is 11.6 Å². The van der Waals surface area contributed by atoms with Crippen LogP contribution in [-0.4, -0.2) is 28.5 Å². The molecule has 1 aromatic rings. The highest BCUT2D eigenvalue weighted by atomic mass is 16.4. The lowest BCUT2D eigenvalue weighted by Crippen LogP contribution is -2.33. The molecule has 1 heterocycles. The van der Waals surface area contributed by atoms with Gasteiger partial charge in [0.15, 0.2) is 6.39 Å². The van der Waals surface area contributed by atoms with Crippen molar-refractivity contribution < 1.29 is 19.1 Å². The van der Waals surface area contributed by atoms with Crippen LogP contribution in [-0.2, 0) is 4.79 Å². The molecule has 1 saturated carbocycles. The number of hydrogen-bond acceptors (Lipinski definition) is 4. The summed E-state index contributed by atoms with van der Waals surface area (Å²) in [6.07, 6.45) is 4.02. The van der Waals surface area contributed by atoms with E-state index in [9.17, 15) is 9.59 Å².